The molecule has 0 radical (unpaired) electrons. The normalized spacial score (nSPS) is 14.2. The van der Waals surface area contributed by atoms with Crippen LogP contribution in [0.2, 0.25) is 10.0 Å². The van der Waals surface area contributed by atoms with Crippen molar-refractivity contribution >= 4 is 50.7 Å². The van der Waals surface area contributed by atoms with Gasteiger partial charge in [-0.3, -0.25) is 4.79 Å². The number of nitrogens with zero attached hydrogens (tertiary/aromatic N) is 3. The van der Waals surface area contributed by atoms with Gasteiger partial charge in [-0.2, -0.15) is 8.42 Å². The average molecular weight is 661 g/mol. The maximum atomic E-state index is 12.5. The number of nitrogen functional groups attached to an aromatic ring is 1. The molecule has 1 amide bonds. The molecule has 0 aliphatic carbocycles. The summed E-state index contributed by atoms with van der Waals surface area (Å²) in [6, 6.07) is 26.7. The number of hydrogen-bond acceptors (Lipinski definition) is 5. The highest BCUT2D eigenvalue weighted by Gasteiger charge is 2.34. The van der Waals surface area contributed by atoms with Gasteiger partial charge in [0.25, 0.3) is 5.91 Å². The number of imidazole rings is 1. The van der Waals surface area contributed by atoms with Crippen LogP contribution in [-0.4, -0.2) is 30.4 Å². The van der Waals surface area contributed by atoms with Crippen LogP contribution in [0.4, 0.5) is 11.4 Å². The maximum absolute atomic E-state index is 12.5. The number of nitrogens with one attached hydrogen (secondary N) is 1. The molecule has 0 saturated carbocycles. The van der Waals surface area contributed by atoms with Gasteiger partial charge in [-0.05, 0) is 77.1 Å². The number of carbonyl (C=O) groups excluding carboxylic acids is 1. The number of amides is 1. The van der Waals surface area contributed by atoms with Gasteiger partial charge in [-0.15, -0.1) is 0 Å². The van der Waals surface area contributed by atoms with E-state index in [0.29, 0.717) is 50.8 Å². The van der Waals surface area contributed by atoms with E-state index in [1.807, 2.05) is 33.7 Å². The van der Waals surface area contributed by atoms with E-state index in [1.165, 1.54) is 0 Å². The Bertz CT molecular complexity index is 2020. The highest BCUT2D eigenvalue weighted by atomic mass is 35.5. The van der Waals surface area contributed by atoms with E-state index < -0.39 is 16.1 Å². The Morgan fingerprint density at radius 2 is 1.67 bits per heavy atom. The second-order valence-corrected chi connectivity index (χ2v) is 13.9. The summed E-state index contributed by atoms with van der Waals surface area (Å²) >= 11 is 12.7. The van der Waals surface area contributed by atoms with Crippen LogP contribution in [0, 0.1) is 5.92 Å². The summed E-state index contributed by atoms with van der Waals surface area (Å²) in [5.41, 5.74) is 13.8. The minimum Gasteiger partial charge on any atom is -0.398 e. The molecule has 11 heteroatoms. The average Bonchev–Trinajstić information content (AvgIpc) is 3.53. The third kappa shape index (κ3) is 6.56. The van der Waals surface area contributed by atoms with Crippen LogP contribution in [0.15, 0.2) is 91.1 Å². The third-order valence-corrected chi connectivity index (χ3v) is 9.58. The highest BCUT2D eigenvalue weighted by Crippen LogP contribution is 2.33. The summed E-state index contributed by atoms with van der Waals surface area (Å²) in [7, 11) is -3.96. The van der Waals surface area contributed by atoms with Crippen LogP contribution in [0.5, 0.6) is 0 Å². The number of rotatable bonds is 8. The predicted molar refractivity (Wildman–Crippen MR) is 181 cm³/mol. The summed E-state index contributed by atoms with van der Waals surface area (Å²) in [4.78, 5) is 16.8. The van der Waals surface area contributed by atoms with Crippen molar-refractivity contribution in [1.29, 1.82) is 0 Å². The van der Waals surface area contributed by atoms with Crippen molar-refractivity contribution < 1.29 is 13.2 Å². The van der Waals surface area contributed by atoms with E-state index >= 15 is 0 Å². The quantitative estimate of drug-likeness (QED) is 0.173. The summed E-state index contributed by atoms with van der Waals surface area (Å²) in [5.74, 6) is 0.654. The molecule has 45 heavy (non-hydrogen) atoms. The van der Waals surface area contributed by atoms with E-state index in [2.05, 4.69) is 50.2 Å². The summed E-state index contributed by atoms with van der Waals surface area (Å²) in [6.07, 6.45) is 3.28. The molecule has 1 aromatic heterocycles. The molecule has 1 saturated heterocycles. The van der Waals surface area contributed by atoms with Crippen LogP contribution in [0.3, 0.4) is 0 Å². The number of anilines is 2. The highest BCUT2D eigenvalue weighted by molar-refractivity contribution is 7.92. The number of benzene rings is 4. The van der Waals surface area contributed by atoms with Crippen molar-refractivity contribution in [2.24, 2.45) is 5.92 Å². The number of aromatic nitrogens is 2. The SMILES string of the molecule is CC(C)Cc1ccc(-c2ccc(Cc3nc(-c4ccc(Cl)cc4Cl)cn3-c3cccc(N4CC(=O)NS4(=O)=O)c3)cc2)cc1N. The number of halogens is 2. The molecular formula is C34H31Cl2N5O3S. The van der Waals surface area contributed by atoms with Gasteiger partial charge in [0.15, 0.2) is 0 Å². The summed E-state index contributed by atoms with van der Waals surface area (Å²) in [6.45, 7) is 4.07. The first kappa shape index (κ1) is 30.7. The lowest BCUT2D eigenvalue weighted by Crippen LogP contribution is -2.29. The lowest BCUT2D eigenvalue weighted by molar-refractivity contribution is -0.117. The third-order valence-electron chi connectivity index (χ3n) is 7.63. The van der Waals surface area contributed by atoms with Crippen LogP contribution < -0.4 is 14.8 Å². The van der Waals surface area contributed by atoms with Crippen molar-refractivity contribution in [3.05, 3.63) is 118 Å². The molecular weight excluding hydrogens is 629 g/mol. The zero-order chi connectivity index (χ0) is 31.9. The summed E-state index contributed by atoms with van der Waals surface area (Å²) < 4.78 is 30.0. The molecule has 2 heterocycles. The van der Waals surface area contributed by atoms with Crippen LogP contribution in [0.25, 0.3) is 28.1 Å². The number of hydrogen-bond donors (Lipinski definition) is 2. The van der Waals surface area contributed by atoms with Crippen molar-refractivity contribution in [2.75, 3.05) is 16.6 Å². The predicted octanol–water partition coefficient (Wildman–Crippen LogP) is 7.07. The van der Waals surface area contributed by atoms with E-state index in [9.17, 15) is 13.2 Å². The molecule has 3 N–H and O–H groups in total. The van der Waals surface area contributed by atoms with Crippen LogP contribution >= 0.6 is 23.2 Å². The van der Waals surface area contributed by atoms with E-state index in [-0.39, 0.29) is 6.54 Å². The molecule has 1 fully saturated rings. The van der Waals surface area contributed by atoms with Gasteiger partial charge >= 0.3 is 10.2 Å². The van der Waals surface area contributed by atoms with Crippen LogP contribution in [-0.2, 0) is 27.8 Å². The largest absolute Gasteiger partial charge is 0.398 e. The van der Waals surface area contributed by atoms with E-state index in [4.69, 9.17) is 33.9 Å². The minimum absolute atomic E-state index is 0.285. The van der Waals surface area contributed by atoms with Crippen molar-refractivity contribution in [1.82, 2.24) is 14.3 Å². The van der Waals surface area contributed by atoms with Gasteiger partial charge in [0, 0.05) is 34.6 Å². The molecule has 6 rings (SSSR count). The molecule has 1 aliphatic rings. The van der Waals surface area contributed by atoms with Gasteiger partial charge in [0.2, 0.25) is 0 Å². The molecule has 4 aromatic carbocycles. The molecule has 1 aliphatic heterocycles. The van der Waals surface area contributed by atoms with Gasteiger partial charge in [-0.25, -0.2) is 14.0 Å². The molecule has 0 unspecified atom stereocenters. The standard InChI is InChI=1S/C34H31Cl2N5O3S/c1-21(2)14-25-11-10-24(16-31(25)37)23-8-6-22(7-9-23)15-33-38-32(29-13-12-26(35)17-30(29)36)19-40(33)27-4-3-5-28(18-27)41-20-34(42)39-45(41,43)44/h3-13,16-19,21H,14-15,20,37H2,1-2H3,(H,39,42). The monoisotopic (exact) mass is 659 g/mol. The molecule has 0 atom stereocenters. The Hall–Kier alpha value is -4.31. The Morgan fingerprint density at radius 3 is 2.33 bits per heavy atom. The molecule has 8 nitrogen and oxygen atoms in total. The first-order chi connectivity index (χ1) is 21.5. The van der Waals surface area contributed by atoms with Gasteiger partial charge < -0.3 is 10.3 Å². The first-order valence-electron chi connectivity index (χ1n) is 14.4. The lowest BCUT2D eigenvalue weighted by Gasteiger charge is -2.16. The number of carbonyl (C=O) groups is 1. The summed E-state index contributed by atoms with van der Waals surface area (Å²) in [5, 5.41) is 0.978. The smallest absolute Gasteiger partial charge is 0.326 e. The van der Waals surface area contributed by atoms with Crippen molar-refractivity contribution in [3.63, 3.8) is 0 Å². The minimum atomic E-state index is -3.96. The number of nitrogens with two attached hydrogens (primary N) is 1. The molecule has 0 spiro atoms. The zero-order valence-corrected chi connectivity index (χ0v) is 27.0. The van der Waals surface area contributed by atoms with Gasteiger partial charge in [0.05, 0.1) is 16.4 Å². The van der Waals surface area contributed by atoms with Gasteiger partial charge in [0.1, 0.15) is 12.4 Å². The Morgan fingerprint density at radius 1 is 0.933 bits per heavy atom. The Balaban J connectivity index is 1.35. The van der Waals surface area contributed by atoms with E-state index in [0.717, 1.165) is 38.7 Å². The van der Waals surface area contributed by atoms with Crippen molar-refractivity contribution in [3.8, 4) is 28.1 Å². The fraction of sp³-hybridized carbons (Fsp3) is 0.176. The zero-order valence-electron chi connectivity index (χ0n) is 24.7. The van der Waals surface area contributed by atoms with Crippen LogP contribution in [0.1, 0.15) is 30.8 Å². The van der Waals surface area contributed by atoms with Crippen molar-refractivity contribution in [2.45, 2.75) is 26.7 Å². The second kappa shape index (κ2) is 12.2. The first-order valence-corrected chi connectivity index (χ1v) is 16.6. The molecule has 0 bridgehead atoms. The fourth-order valence-electron chi connectivity index (χ4n) is 5.47. The Kier molecular flexibility index (Phi) is 8.35. The maximum Gasteiger partial charge on any atom is 0.326 e. The van der Waals surface area contributed by atoms with Gasteiger partial charge in [-0.1, -0.05) is 79.5 Å². The second-order valence-electron chi connectivity index (χ2n) is 11.5. The Labute approximate surface area is 272 Å². The topological polar surface area (TPSA) is 110 Å². The fourth-order valence-corrected chi connectivity index (χ4v) is 7.11. The van der Waals surface area contributed by atoms with E-state index in [1.54, 1.807) is 30.3 Å². The molecule has 230 valence electrons. The molecule has 5 aromatic rings. The lowest BCUT2D eigenvalue weighted by atomic mass is 9.96.